The van der Waals surface area contributed by atoms with Gasteiger partial charge in [-0.1, -0.05) is 13.0 Å². The molecule has 1 rings (SSSR count). The van der Waals surface area contributed by atoms with Crippen molar-refractivity contribution in [2.45, 2.75) is 45.8 Å². The van der Waals surface area contributed by atoms with Crippen LogP contribution in [0.5, 0.6) is 0 Å². The van der Waals surface area contributed by atoms with Crippen LogP contribution in [0.4, 0.5) is 0 Å². The van der Waals surface area contributed by atoms with Crippen molar-refractivity contribution < 1.29 is 14.2 Å². The highest BCUT2D eigenvalue weighted by molar-refractivity contribution is 4.98. The predicted octanol–water partition coefficient (Wildman–Crippen LogP) is 2.90. The van der Waals surface area contributed by atoms with Crippen molar-refractivity contribution in [2.24, 2.45) is 0 Å². The van der Waals surface area contributed by atoms with Crippen LogP contribution in [0.25, 0.3) is 0 Å². The summed E-state index contributed by atoms with van der Waals surface area (Å²) in [6, 6.07) is 0. The Kier molecular flexibility index (Phi) is 7.47. The Morgan fingerprint density at radius 1 is 1.44 bits per heavy atom. The fourth-order valence-corrected chi connectivity index (χ4v) is 1.58. The van der Waals surface area contributed by atoms with Crippen LogP contribution in [0, 0.1) is 0 Å². The first-order chi connectivity index (χ1) is 7.83. The third-order valence-electron chi connectivity index (χ3n) is 2.53. The maximum atomic E-state index is 5.61. The molecule has 1 unspecified atom stereocenters. The van der Waals surface area contributed by atoms with Gasteiger partial charge in [-0.2, -0.15) is 0 Å². The second-order valence-corrected chi connectivity index (χ2v) is 4.23. The number of rotatable bonds is 7. The highest BCUT2D eigenvalue weighted by atomic mass is 16.7. The lowest BCUT2D eigenvalue weighted by molar-refractivity contribution is -0.155. The van der Waals surface area contributed by atoms with Crippen LogP contribution in [0.2, 0.25) is 0 Å². The summed E-state index contributed by atoms with van der Waals surface area (Å²) >= 11 is 0. The van der Waals surface area contributed by atoms with Gasteiger partial charge in [-0.05, 0) is 38.2 Å². The second kappa shape index (κ2) is 8.74. The Bertz CT molecular complexity index is 195. The molecular formula is C13H24O3. The molecule has 0 aromatic carbocycles. The maximum absolute atomic E-state index is 5.61. The Hall–Kier alpha value is -0.380. The fraction of sp³-hybridized carbons (Fsp3) is 0.846. The minimum atomic E-state index is 0.00867. The monoisotopic (exact) mass is 228 g/mol. The molecule has 0 radical (unpaired) electrons. The summed E-state index contributed by atoms with van der Waals surface area (Å²) < 4.78 is 16.5. The molecule has 0 bridgehead atoms. The predicted molar refractivity (Wildman–Crippen MR) is 64.4 cm³/mol. The van der Waals surface area contributed by atoms with Crippen LogP contribution in [-0.2, 0) is 14.2 Å². The van der Waals surface area contributed by atoms with Gasteiger partial charge in [-0.15, -0.1) is 0 Å². The summed E-state index contributed by atoms with van der Waals surface area (Å²) in [6.07, 6.45) is 6.56. The van der Waals surface area contributed by atoms with Crippen LogP contribution < -0.4 is 0 Å². The van der Waals surface area contributed by atoms with Gasteiger partial charge >= 0.3 is 0 Å². The van der Waals surface area contributed by atoms with Crippen LogP contribution in [0.3, 0.4) is 0 Å². The van der Waals surface area contributed by atoms with Gasteiger partial charge in [0.1, 0.15) is 0 Å². The van der Waals surface area contributed by atoms with Crippen LogP contribution in [-0.4, -0.2) is 32.7 Å². The van der Waals surface area contributed by atoms with E-state index in [0.717, 1.165) is 26.1 Å². The number of hydrogen-bond acceptors (Lipinski definition) is 3. The van der Waals surface area contributed by atoms with E-state index in [1.54, 1.807) is 0 Å². The zero-order valence-corrected chi connectivity index (χ0v) is 10.5. The van der Waals surface area contributed by atoms with Gasteiger partial charge in [0.25, 0.3) is 0 Å². The highest BCUT2D eigenvalue weighted by Gasteiger charge is 2.12. The van der Waals surface area contributed by atoms with E-state index in [-0.39, 0.29) is 6.29 Å². The molecule has 0 saturated carbocycles. The summed E-state index contributed by atoms with van der Waals surface area (Å²) in [7, 11) is 0. The Balaban J connectivity index is 2.05. The first kappa shape index (κ1) is 13.7. The van der Waals surface area contributed by atoms with Gasteiger partial charge in [0.15, 0.2) is 6.29 Å². The van der Waals surface area contributed by atoms with Crippen molar-refractivity contribution in [1.82, 2.24) is 0 Å². The van der Waals surface area contributed by atoms with Crippen molar-refractivity contribution >= 4 is 0 Å². The quantitative estimate of drug-likeness (QED) is 0.495. The van der Waals surface area contributed by atoms with Crippen molar-refractivity contribution in [3.63, 3.8) is 0 Å². The van der Waals surface area contributed by atoms with Crippen molar-refractivity contribution in [1.29, 1.82) is 0 Å². The maximum Gasteiger partial charge on any atom is 0.157 e. The summed E-state index contributed by atoms with van der Waals surface area (Å²) in [4.78, 5) is 0. The second-order valence-electron chi connectivity index (χ2n) is 4.23. The third kappa shape index (κ3) is 6.26. The molecule has 3 heteroatoms. The summed E-state index contributed by atoms with van der Waals surface area (Å²) in [5, 5.41) is 0. The highest BCUT2D eigenvalue weighted by Crippen LogP contribution is 2.13. The zero-order chi connectivity index (χ0) is 11.6. The summed E-state index contributed by atoms with van der Waals surface area (Å²) in [6.45, 7) is 7.20. The first-order valence-electron chi connectivity index (χ1n) is 6.29. The van der Waals surface area contributed by atoms with Crippen molar-refractivity contribution in [3.05, 3.63) is 11.6 Å². The SMILES string of the molecule is CCCOCC(C)=CCOC1CCCCO1. The van der Waals surface area contributed by atoms with Gasteiger partial charge in [0.05, 0.1) is 13.2 Å². The van der Waals surface area contributed by atoms with Gasteiger partial charge in [0.2, 0.25) is 0 Å². The molecule has 16 heavy (non-hydrogen) atoms. The third-order valence-corrected chi connectivity index (χ3v) is 2.53. The fourth-order valence-electron chi connectivity index (χ4n) is 1.58. The molecule has 0 N–H and O–H groups in total. The molecule has 1 saturated heterocycles. The van der Waals surface area contributed by atoms with E-state index in [0.29, 0.717) is 13.2 Å². The molecule has 0 aromatic heterocycles. The van der Waals surface area contributed by atoms with E-state index >= 15 is 0 Å². The lowest BCUT2D eigenvalue weighted by Crippen LogP contribution is -2.22. The number of ether oxygens (including phenoxy) is 3. The average molecular weight is 228 g/mol. The lowest BCUT2D eigenvalue weighted by atomic mass is 10.2. The molecule has 1 atom stereocenters. The molecule has 1 aliphatic rings. The van der Waals surface area contributed by atoms with E-state index in [2.05, 4.69) is 19.9 Å². The molecule has 1 heterocycles. The van der Waals surface area contributed by atoms with E-state index < -0.39 is 0 Å². The number of hydrogen-bond donors (Lipinski definition) is 0. The minimum absolute atomic E-state index is 0.00867. The van der Waals surface area contributed by atoms with Crippen molar-refractivity contribution in [3.8, 4) is 0 Å². The van der Waals surface area contributed by atoms with Gasteiger partial charge in [-0.25, -0.2) is 0 Å². The molecule has 0 amide bonds. The average Bonchev–Trinajstić information content (AvgIpc) is 2.31. The smallest absolute Gasteiger partial charge is 0.157 e. The van der Waals surface area contributed by atoms with Crippen LogP contribution >= 0.6 is 0 Å². The van der Waals surface area contributed by atoms with Gasteiger partial charge < -0.3 is 14.2 Å². The van der Waals surface area contributed by atoms with Gasteiger partial charge in [0, 0.05) is 13.2 Å². The molecule has 1 fully saturated rings. The van der Waals surface area contributed by atoms with E-state index in [4.69, 9.17) is 14.2 Å². The first-order valence-corrected chi connectivity index (χ1v) is 6.29. The molecule has 1 aliphatic heterocycles. The van der Waals surface area contributed by atoms with E-state index in [9.17, 15) is 0 Å². The van der Waals surface area contributed by atoms with E-state index in [1.807, 2.05) is 0 Å². The Morgan fingerprint density at radius 3 is 3.00 bits per heavy atom. The largest absolute Gasteiger partial charge is 0.377 e. The van der Waals surface area contributed by atoms with Crippen LogP contribution in [0.15, 0.2) is 11.6 Å². The van der Waals surface area contributed by atoms with Crippen LogP contribution in [0.1, 0.15) is 39.5 Å². The molecule has 3 nitrogen and oxygen atoms in total. The molecular weight excluding hydrogens is 204 g/mol. The summed E-state index contributed by atoms with van der Waals surface area (Å²) in [5.41, 5.74) is 1.23. The van der Waals surface area contributed by atoms with E-state index in [1.165, 1.54) is 18.4 Å². The zero-order valence-electron chi connectivity index (χ0n) is 10.5. The molecule has 0 spiro atoms. The molecule has 0 aliphatic carbocycles. The standard InChI is InChI=1S/C13H24O3/c1-3-8-14-11-12(2)7-10-16-13-6-4-5-9-15-13/h7,13H,3-6,8-11H2,1-2H3. The topological polar surface area (TPSA) is 27.7 Å². The lowest BCUT2D eigenvalue weighted by Gasteiger charge is -2.22. The molecule has 94 valence electrons. The van der Waals surface area contributed by atoms with Crippen molar-refractivity contribution in [2.75, 3.05) is 26.4 Å². The Labute approximate surface area is 98.8 Å². The molecule has 0 aromatic rings. The summed E-state index contributed by atoms with van der Waals surface area (Å²) in [5.74, 6) is 0. The Morgan fingerprint density at radius 2 is 2.31 bits per heavy atom. The minimum Gasteiger partial charge on any atom is -0.377 e. The van der Waals surface area contributed by atoms with Gasteiger partial charge in [-0.3, -0.25) is 0 Å². The normalized spacial score (nSPS) is 22.4.